The summed E-state index contributed by atoms with van der Waals surface area (Å²) in [5.74, 6) is 0.530. The standard InChI is InChI=1S/C31H42FN7O/c1-21-27-19-34-31(36-29(27)39(30(40)28(21)32)26-6-2-3-7-26)35-24-8-10-25(11-9-24)38-17-12-22(13-18-38)5-4-15-37-16-14-23(33)20-37/h8-11,19,22-23,26H,2-7,12-18,20,33H2,1H3,(H,34,35,36). The molecule has 6 rings (SSSR count). The van der Waals surface area contributed by atoms with E-state index < -0.39 is 11.4 Å². The first-order valence-corrected chi connectivity index (χ1v) is 15.1. The molecule has 3 N–H and O–H groups in total. The Balaban J connectivity index is 1.08. The van der Waals surface area contributed by atoms with Crippen LogP contribution in [0.2, 0.25) is 0 Å². The van der Waals surface area contributed by atoms with Gasteiger partial charge in [0, 0.05) is 60.2 Å². The number of halogens is 1. The van der Waals surface area contributed by atoms with E-state index in [1.54, 1.807) is 17.7 Å². The second-order valence-electron chi connectivity index (χ2n) is 12.1. The number of pyridine rings is 1. The summed E-state index contributed by atoms with van der Waals surface area (Å²) in [6.45, 7) is 7.23. The van der Waals surface area contributed by atoms with E-state index in [0.29, 0.717) is 28.6 Å². The maximum atomic E-state index is 14.7. The number of anilines is 3. The first kappa shape index (κ1) is 27.1. The number of nitrogens with two attached hydrogens (primary N) is 1. The molecule has 214 valence electrons. The van der Waals surface area contributed by atoms with E-state index in [4.69, 9.17) is 10.7 Å². The molecule has 1 aromatic carbocycles. The van der Waals surface area contributed by atoms with Crippen LogP contribution in [0.3, 0.4) is 0 Å². The zero-order chi connectivity index (χ0) is 27.6. The maximum Gasteiger partial charge on any atom is 0.288 e. The highest BCUT2D eigenvalue weighted by molar-refractivity contribution is 5.79. The van der Waals surface area contributed by atoms with Crippen molar-refractivity contribution in [3.63, 3.8) is 0 Å². The summed E-state index contributed by atoms with van der Waals surface area (Å²) >= 11 is 0. The minimum atomic E-state index is -0.699. The average Bonchev–Trinajstić information content (AvgIpc) is 3.65. The number of aromatic nitrogens is 3. The molecule has 8 nitrogen and oxygen atoms in total. The quantitative estimate of drug-likeness (QED) is 0.404. The number of fused-ring (bicyclic) bond motifs is 1. The van der Waals surface area contributed by atoms with Crippen LogP contribution in [0.5, 0.6) is 0 Å². The zero-order valence-electron chi connectivity index (χ0n) is 23.6. The van der Waals surface area contributed by atoms with Crippen LogP contribution in [-0.2, 0) is 0 Å². The largest absolute Gasteiger partial charge is 0.372 e. The number of hydrogen-bond acceptors (Lipinski definition) is 7. The highest BCUT2D eigenvalue weighted by Gasteiger charge is 2.25. The van der Waals surface area contributed by atoms with Gasteiger partial charge in [-0.1, -0.05) is 12.8 Å². The molecule has 1 atom stereocenters. The highest BCUT2D eigenvalue weighted by atomic mass is 19.1. The lowest BCUT2D eigenvalue weighted by Crippen LogP contribution is -2.34. The summed E-state index contributed by atoms with van der Waals surface area (Å²) < 4.78 is 16.3. The Kier molecular flexibility index (Phi) is 8.03. The summed E-state index contributed by atoms with van der Waals surface area (Å²) in [6.07, 6.45) is 11.7. The van der Waals surface area contributed by atoms with Crippen LogP contribution < -0.4 is 21.5 Å². The molecule has 9 heteroatoms. The van der Waals surface area contributed by atoms with Crippen molar-refractivity contribution in [3.8, 4) is 0 Å². The van der Waals surface area contributed by atoms with Crippen LogP contribution in [0.1, 0.15) is 69.4 Å². The third-order valence-corrected chi connectivity index (χ3v) is 9.33. The van der Waals surface area contributed by atoms with E-state index in [1.165, 1.54) is 44.5 Å². The molecule has 1 aliphatic carbocycles. The SMILES string of the molecule is Cc1c(F)c(=O)n(C2CCCC2)c2nc(Nc3ccc(N4CCC(CCCN5CCC(N)C5)CC4)cc3)ncc12. The van der Waals surface area contributed by atoms with Gasteiger partial charge < -0.3 is 20.9 Å². The van der Waals surface area contributed by atoms with Gasteiger partial charge in [0.05, 0.1) is 0 Å². The third kappa shape index (κ3) is 5.72. The molecule has 3 aromatic rings. The Bertz CT molecular complexity index is 1380. The molecule has 3 aliphatic rings. The molecule has 1 saturated carbocycles. The van der Waals surface area contributed by atoms with Crippen molar-refractivity contribution in [3.05, 3.63) is 52.2 Å². The van der Waals surface area contributed by atoms with Gasteiger partial charge in [0.15, 0.2) is 5.82 Å². The molecule has 0 radical (unpaired) electrons. The summed E-state index contributed by atoms with van der Waals surface area (Å²) in [5.41, 5.74) is 8.40. The van der Waals surface area contributed by atoms with E-state index in [0.717, 1.165) is 63.3 Å². The first-order chi connectivity index (χ1) is 19.5. The van der Waals surface area contributed by atoms with Gasteiger partial charge in [0.1, 0.15) is 5.65 Å². The van der Waals surface area contributed by atoms with Gasteiger partial charge in [-0.3, -0.25) is 9.36 Å². The van der Waals surface area contributed by atoms with Crippen molar-refractivity contribution in [2.75, 3.05) is 42.9 Å². The minimum absolute atomic E-state index is 0.0136. The topological polar surface area (TPSA) is 92.3 Å². The molecule has 1 unspecified atom stereocenters. The lowest BCUT2D eigenvalue weighted by atomic mass is 9.92. The molecular weight excluding hydrogens is 505 g/mol. The van der Waals surface area contributed by atoms with Crippen LogP contribution in [0.4, 0.5) is 21.7 Å². The normalized spacial score (nSPS) is 21.1. The van der Waals surface area contributed by atoms with Crippen LogP contribution in [0.25, 0.3) is 11.0 Å². The number of rotatable bonds is 8. The molecule has 2 saturated heterocycles. The number of nitrogens with zero attached hydrogens (tertiary/aromatic N) is 5. The Hall–Kier alpha value is -3.04. The summed E-state index contributed by atoms with van der Waals surface area (Å²) in [7, 11) is 0. The lowest BCUT2D eigenvalue weighted by Gasteiger charge is -2.34. The Morgan fingerprint density at radius 3 is 2.50 bits per heavy atom. The van der Waals surface area contributed by atoms with Crippen molar-refractivity contribution in [1.29, 1.82) is 0 Å². The Morgan fingerprint density at radius 2 is 1.80 bits per heavy atom. The molecule has 0 spiro atoms. The minimum Gasteiger partial charge on any atom is -0.372 e. The van der Waals surface area contributed by atoms with Gasteiger partial charge in [-0.05, 0) is 95.1 Å². The highest BCUT2D eigenvalue weighted by Crippen LogP contribution is 2.32. The van der Waals surface area contributed by atoms with Crippen molar-refractivity contribution in [2.24, 2.45) is 11.7 Å². The zero-order valence-corrected chi connectivity index (χ0v) is 23.6. The molecule has 0 amide bonds. The molecule has 0 bridgehead atoms. The maximum absolute atomic E-state index is 14.7. The second kappa shape index (κ2) is 11.8. The van der Waals surface area contributed by atoms with Crippen molar-refractivity contribution in [1.82, 2.24) is 19.4 Å². The molecule has 4 heterocycles. The number of likely N-dealkylation sites (tertiary alicyclic amines) is 1. The van der Waals surface area contributed by atoms with E-state index in [-0.39, 0.29) is 6.04 Å². The van der Waals surface area contributed by atoms with Crippen LogP contribution in [-0.4, -0.2) is 58.2 Å². The Labute approximate surface area is 235 Å². The lowest BCUT2D eigenvalue weighted by molar-refractivity contribution is 0.297. The van der Waals surface area contributed by atoms with Gasteiger partial charge in [0.2, 0.25) is 5.95 Å². The molecule has 40 heavy (non-hydrogen) atoms. The van der Waals surface area contributed by atoms with Crippen LogP contribution in [0, 0.1) is 18.7 Å². The summed E-state index contributed by atoms with van der Waals surface area (Å²) in [6, 6.07) is 8.76. The van der Waals surface area contributed by atoms with E-state index in [2.05, 4.69) is 44.4 Å². The Morgan fingerprint density at radius 1 is 1.05 bits per heavy atom. The van der Waals surface area contributed by atoms with Gasteiger partial charge >= 0.3 is 0 Å². The molecular formula is C31H42FN7O. The van der Waals surface area contributed by atoms with Crippen LogP contribution in [0.15, 0.2) is 35.3 Å². The van der Waals surface area contributed by atoms with Crippen molar-refractivity contribution in [2.45, 2.75) is 76.8 Å². The predicted molar refractivity (Wildman–Crippen MR) is 159 cm³/mol. The van der Waals surface area contributed by atoms with Crippen molar-refractivity contribution >= 4 is 28.4 Å². The number of nitrogens with one attached hydrogen (secondary N) is 1. The smallest absolute Gasteiger partial charge is 0.288 e. The van der Waals surface area contributed by atoms with Gasteiger partial charge in [-0.15, -0.1) is 0 Å². The molecule has 2 aromatic heterocycles. The van der Waals surface area contributed by atoms with Gasteiger partial charge in [-0.2, -0.15) is 4.98 Å². The monoisotopic (exact) mass is 547 g/mol. The summed E-state index contributed by atoms with van der Waals surface area (Å²) in [5, 5.41) is 3.88. The second-order valence-corrected chi connectivity index (χ2v) is 12.1. The first-order valence-electron chi connectivity index (χ1n) is 15.1. The fourth-order valence-electron chi connectivity index (χ4n) is 6.90. The van der Waals surface area contributed by atoms with Gasteiger partial charge in [-0.25, -0.2) is 9.37 Å². The van der Waals surface area contributed by atoms with Gasteiger partial charge in [0.25, 0.3) is 5.56 Å². The van der Waals surface area contributed by atoms with E-state index >= 15 is 0 Å². The fraction of sp³-hybridized carbons (Fsp3) is 0.581. The van der Waals surface area contributed by atoms with Crippen molar-refractivity contribution < 1.29 is 4.39 Å². The average molecular weight is 548 g/mol. The number of piperidine rings is 1. The third-order valence-electron chi connectivity index (χ3n) is 9.33. The van der Waals surface area contributed by atoms with Crippen LogP contribution >= 0.6 is 0 Å². The number of benzene rings is 1. The van der Waals surface area contributed by atoms with E-state index in [1.807, 2.05) is 0 Å². The predicted octanol–water partition coefficient (Wildman–Crippen LogP) is 5.13. The fourth-order valence-corrected chi connectivity index (χ4v) is 6.90. The number of hydrogen-bond donors (Lipinski definition) is 2. The number of aryl methyl sites for hydroxylation is 1. The molecule has 2 aliphatic heterocycles. The van der Waals surface area contributed by atoms with E-state index in [9.17, 15) is 9.18 Å². The molecule has 3 fully saturated rings. The summed E-state index contributed by atoms with van der Waals surface area (Å²) in [4.78, 5) is 27.0.